The highest BCUT2D eigenvalue weighted by molar-refractivity contribution is 7.92. The first-order valence-electron chi connectivity index (χ1n) is 11.4. The van der Waals surface area contributed by atoms with E-state index in [2.05, 4.69) is 17.0 Å². The van der Waals surface area contributed by atoms with Gasteiger partial charge in [0.05, 0.1) is 4.90 Å². The standard InChI is InChI=1S/C25H29FN4O3S/c1-3-25(29-13-7-4-8-14-29)34(32,33)20-11-12-24(27-16-20)30-23(17-31)21(18(2)28-30)15-19-9-5-6-10-22(19)26/h3,5-6,9-12,16-17,23,25,28H,1,4,7-8,13-15H2,2H3. The monoisotopic (exact) mass is 484 g/mol. The van der Waals surface area contributed by atoms with Crippen molar-refractivity contribution in [3.8, 4) is 0 Å². The molecule has 0 radical (unpaired) electrons. The first-order chi connectivity index (χ1) is 16.4. The number of carbonyl (C=O) groups is 1. The second-order valence-corrected chi connectivity index (χ2v) is 10.6. The van der Waals surface area contributed by atoms with Crippen molar-refractivity contribution < 1.29 is 17.6 Å². The van der Waals surface area contributed by atoms with Crippen LogP contribution in [-0.4, -0.2) is 49.1 Å². The van der Waals surface area contributed by atoms with Crippen LogP contribution in [0.25, 0.3) is 0 Å². The number of hydrogen-bond acceptors (Lipinski definition) is 7. The van der Waals surface area contributed by atoms with Crippen molar-refractivity contribution in [2.75, 3.05) is 18.1 Å². The van der Waals surface area contributed by atoms with Gasteiger partial charge in [-0.3, -0.25) is 9.91 Å². The number of likely N-dealkylation sites (tertiary alicyclic amines) is 1. The van der Waals surface area contributed by atoms with Crippen LogP contribution in [-0.2, 0) is 21.1 Å². The fraction of sp³-hybridized carbons (Fsp3) is 0.360. The molecule has 9 heteroatoms. The van der Waals surface area contributed by atoms with Gasteiger partial charge in [0, 0.05) is 18.3 Å². The molecular formula is C25H29FN4O3S. The number of piperidine rings is 1. The maximum Gasteiger partial charge on any atom is 0.199 e. The lowest BCUT2D eigenvalue weighted by molar-refractivity contribution is -0.108. The lowest BCUT2D eigenvalue weighted by atomic mass is 9.98. The summed E-state index contributed by atoms with van der Waals surface area (Å²) in [6.07, 6.45) is 6.87. The maximum atomic E-state index is 14.2. The molecule has 2 aliphatic rings. The van der Waals surface area contributed by atoms with Gasteiger partial charge < -0.3 is 10.2 Å². The first kappa shape index (κ1) is 24.1. The van der Waals surface area contributed by atoms with Gasteiger partial charge in [0.2, 0.25) is 0 Å². The summed E-state index contributed by atoms with van der Waals surface area (Å²) in [5, 5.41) is 0.772. The molecule has 3 heterocycles. The molecular weight excluding hydrogens is 455 g/mol. The van der Waals surface area contributed by atoms with Crippen LogP contribution >= 0.6 is 0 Å². The van der Waals surface area contributed by atoms with Crippen LogP contribution in [0.15, 0.2) is 71.4 Å². The number of halogens is 1. The Morgan fingerprint density at radius 3 is 2.56 bits per heavy atom. The molecule has 4 rings (SSSR count). The van der Waals surface area contributed by atoms with Crippen molar-refractivity contribution in [3.05, 3.63) is 77.9 Å². The second kappa shape index (κ2) is 10.1. The van der Waals surface area contributed by atoms with Crippen LogP contribution in [0.5, 0.6) is 0 Å². The number of hydrazine groups is 1. The van der Waals surface area contributed by atoms with Gasteiger partial charge in [-0.25, -0.2) is 17.8 Å². The van der Waals surface area contributed by atoms with Crippen molar-refractivity contribution in [1.82, 2.24) is 15.3 Å². The number of hydrogen-bond donors (Lipinski definition) is 1. The molecule has 0 aliphatic carbocycles. The molecule has 0 amide bonds. The van der Waals surface area contributed by atoms with Crippen LogP contribution in [0.4, 0.5) is 10.2 Å². The second-order valence-electron chi connectivity index (χ2n) is 8.60. The van der Waals surface area contributed by atoms with Gasteiger partial charge in [-0.1, -0.05) is 30.7 Å². The molecule has 0 saturated carbocycles. The van der Waals surface area contributed by atoms with Crippen LogP contribution < -0.4 is 10.4 Å². The number of allylic oxidation sites excluding steroid dienone is 1. The third kappa shape index (κ3) is 4.63. The number of aromatic nitrogens is 1. The topological polar surface area (TPSA) is 82.6 Å². The fourth-order valence-corrected chi connectivity index (χ4v) is 6.19. The largest absolute Gasteiger partial charge is 0.301 e. The van der Waals surface area contributed by atoms with Gasteiger partial charge in [0.15, 0.2) is 9.84 Å². The SMILES string of the molecule is C=CC(N1CCCCC1)S(=O)(=O)c1ccc(N2NC(C)=C(Cc3ccccc3F)C2C=O)nc1. The summed E-state index contributed by atoms with van der Waals surface area (Å²) in [7, 11) is -3.69. The van der Waals surface area contributed by atoms with Crippen molar-refractivity contribution in [1.29, 1.82) is 0 Å². The van der Waals surface area contributed by atoms with Gasteiger partial charge in [0.1, 0.15) is 29.3 Å². The Labute approximate surface area is 199 Å². The molecule has 1 N–H and O–H groups in total. The molecule has 2 atom stereocenters. The van der Waals surface area contributed by atoms with E-state index < -0.39 is 21.3 Å². The zero-order chi connectivity index (χ0) is 24.3. The Balaban J connectivity index is 1.55. The smallest absolute Gasteiger partial charge is 0.199 e. The molecule has 0 spiro atoms. The Hall–Kier alpha value is -3.04. The van der Waals surface area contributed by atoms with Gasteiger partial charge in [-0.2, -0.15) is 0 Å². The third-order valence-corrected chi connectivity index (χ3v) is 8.46. The highest BCUT2D eigenvalue weighted by Crippen LogP contribution is 2.29. The van der Waals surface area contributed by atoms with E-state index >= 15 is 0 Å². The highest BCUT2D eigenvalue weighted by atomic mass is 32.2. The van der Waals surface area contributed by atoms with Gasteiger partial charge in [0.25, 0.3) is 0 Å². The molecule has 7 nitrogen and oxygen atoms in total. The van der Waals surface area contributed by atoms with Crippen LogP contribution in [0.3, 0.4) is 0 Å². The molecule has 2 aromatic rings. The van der Waals surface area contributed by atoms with E-state index in [4.69, 9.17) is 0 Å². The van der Waals surface area contributed by atoms with E-state index in [9.17, 15) is 17.6 Å². The quantitative estimate of drug-likeness (QED) is 0.454. The Kier molecular flexibility index (Phi) is 7.13. The minimum Gasteiger partial charge on any atom is -0.301 e. The number of aldehydes is 1. The number of pyridine rings is 1. The van der Waals surface area contributed by atoms with E-state index in [-0.39, 0.29) is 17.1 Å². The van der Waals surface area contributed by atoms with Crippen LogP contribution in [0.2, 0.25) is 0 Å². The van der Waals surface area contributed by atoms with Gasteiger partial charge >= 0.3 is 0 Å². The Bertz CT molecular complexity index is 1190. The van der Waals surface area contributed by atoms with Gasteiger partial charge in [-0.05, 0) is 62.2 Å². The maximum absolute atomic E-state index is 14.2. The minimum atomic E-state index is -3.69. The van der Waals surface area contributed by atoms with E-state index in [0.717, 1.165) is 49.9 Å². The minimum absolute atomic E-state index is 0.102. The number of anilines is 1. The van der Waals surface area contributed by atoms with Crippen molar-refractivity contribution in [3.63, 3.8) is 0 Å². The van der Waals surface area contributed by atoms with Crippen molar-refractivity contribution in [2.24, 2.45) is 0 Å². The van der Waals surface area contributed by atoms with E-state index in [0.29, 0.717) is 11.4 Å². The number of rotatable bonds is 8. The number of benzene rings is 1. The molecule has 1 fully saturated rings. The molecule has 180 valence electrons. The molecule has 34 heavy (non-hydrogen) atoms. The number of sulfone groups is 1. The van der Waals surface area contributed by atoms with Crippen LogP contribution in [0, 0.1) is 5.82 Å². The molecule has 1 saturated heterocycles. The Morgan fingerprint density at radius 2 is 1.94 bits per heavy atom. The molecule has 2 unspecified atom stereocenters. The number of nitrogens with zero attached hydrogens (tertiary/aromatic N) is 3. The summed E-state index contributed by atoms with van der Waals surface area (Å²) < 4.78 is 40.7. The lowest BCUT2D eigenvalue weighted by Gasteiger charge is -2.32. The molecule has 1 aromatic carbocycles. The first-order valence-corrected chi connectivity index (χ1v) is 12.9. The summed E-state index contributed by atoms with van der Waals surface area (Å²) in [6, 6.07) is 8.85. The Morgan fingerprint density at radius 1 is 1.21 bits per heavy atom. The van der Waals surface area contributed by atoms with E-state index in [1.165, 1.54) is 24.4 Å². The lowest BCUT2D eigenvalue weighted by Crippen LogP contribution is -2.43. The van der Waals surface area contributed by atoms with Crippen molar-refractivity contribution >= 4 is 21.9 Å². The summed E-state index contributed by atoms with van der Waals surface area (Å²) in [5.41, 5.74) is 5.09. The molecule has 2 aliphatic heterocycles. The third-order valence-electron chi connectivity index (χ3n) is 6.44. The fourth-order valence-electron chi connectivity index (χ4n) is 4.59. The normalized spacial score (nSPS) is 20.2. The van der Waals surface area contributed by atoms with E-state index in [1.807, 2.05) is 11.8 Å². The summed E-state index contributed by atoms with van der Waals surface area (Å²) >= 11 is 0. The van der Waals surface area contributed by atoms with Crippen molar-refractivity contribution in [2.45, 2.75) is 48.9 Å². The zero-order valence-corrected chi connectivity index (χ0v) is 20.0. The highest BCUT2D eigenvalue weighted by Gasteiger charge is 2.34. The predicted molar refractivity (Wildman–Crippen MR) is 129 cm³/mol. The zero-order valence-electron chi connectivity index (χ0n) is 19.2. The average Bonchev–Trinajstić information content (AvgIpc) is 3.16. The molecule has 0 bridgehead atoms. The molecule has 1 aromatic heterocycles. The van der Waals surface area contributed by atoms with Gasteiger partial charge in [-0.15, -0.1) is 6.58 Å². The summed E-state index contributed by atoms with van der Waals surface area (Å²) in [4.78, 5) is 18.4. The van der Waals surface area contributed by atoms with Crippen LogP contribution in [0.1, 0.15) is 31.7 Å². The average molecular weight is 485 g/mol. The number of carbonyl (C=O) groups excluding carboxylic acids is 1. The summed E-state index contributed by atoms with van der Waals surface area (Å²) in [6.45, 7) is 7.01. The predicted octanol–water partition coefficient (Wildman–Crippen LogP) is 3.40. The summed E-state index contributed by atoms with van der Waals surface area (Å²) in [5.74, 6) is 0.0659. The van der Waals surface area contributed by atoms with E-state index in [1.54, 1.807) is 29.3 Å². The number of nitrogens with one attached hydrogen (secondary N) is 1.